The molecule has 0 radical (unpaired) electrons. The van der Waals surface area contributed by atoms with Crippen LogP contribution in [0.25, 0.3) is 99.5 Å². The van der Waals surface area contributed by atoms with E-state index in [0.29, 0.717) is 0 Å². The zero-order valence-electron chi connectivity index (χ0n) is 30.7. The minimum Gasteiger partial charge on any atom is -0.309 e. The number of benzene rings is 9. The van der Waals surface area contributed by atoms with Gasteiger partial charge in [0.1, 0.15) is 0 Å². The van der Waals surface area contributed by atoms with Gasteiger partial charge in [0.2, 0.25) is 0 Å². The number of nitrogens with zero attached hydrogens (tertiary/aromatic N) is 2. The molecule has 11 rings (SSSR count). The molecule has 11 aromatic rings. The van der Waals surface area contributed by atoms with Gasteiger partial charge in [0.15, 0.2) is 0 Å². The topological polar surface area (TPSA) is 9.86 Å². The monoisotopic (exact) mass is 712 g/mol. The highest BCUT2D eigenvalue weighted by molar-refractivity contribution is 6.18. The maximum absolute atomic E-state index is 2.45. The minimum atomic E-state index is 1.13. The van der Waals surface area contributed by atoms with Crippen molar-refractivity contribution in [1.82, 2.24) is 9.13 Å². The van der Waals surface area contributed by atoms with Gasteiger partial charge < -0.3 is 9.13 Å². The van der Waals surface area contributed by atoms with Gasteiger partial charge in [-0.05, 0) is 99.1 Å². The van der Waals surface area contributed by atoms with Crippen molar-refractivity contribution in [2.75, 3.05) is 0 Å². The van der Waals surface area contributed by atoms with Crippen LogP contribution in [-0.4, -0.2) is 9.13 Å². The second kappa shape index (κ2) is 13.2. The van der Waals surface area contributed by atoms with Crippen LogP contribution in [0.2, 0.25) is 0 Å². The Hall–Kier alpha value is -7.42. The molecule has 56 heavy (non-hydrogen) atoms. The maximum atomic E-state index is 2.45. The first-order chi connectivity index (χ1) is 27.8. The molecule has 0 aliphatic rings. The Morgan fingerprint density at radius 3 is 1.30 bits per heavy atom. The van der Waals surface area contributed by atoms with Crippen LogP contribution in [0.4, 0.5) is 0 Å². The van der Waals surface area contributed by atoms with Crippen LogP contribution >= 0.6 is 0 Å². The lowest BCUT2D eigenvalue weighted by Crippen LogP contribution is -1.96. The van der Waals surface area contributed by atoms with Gasteiger partial charge in [-0.1, -0.05) is 164 Å². The van der Waals surface area contributed by atoms with E-state index in [9.17, 15) is 0 Å². The summed E-state index contributed by atoms with van der Waals surface area (Å²) in [5, 5.41) is 4.99. The predicted octanol–water partition coefficient (Wildman–Crippen LogP) is 14.5. The lowest BCUT2D eigenvalue weighted by Gasteiger charge is -2.12. The van der Waals surface area contributed by atoms with Crippen LogP contribution in [0.5, 0.6) is 0 Å². The first-order valence-corrected chi connectivity index (χ1v) is 19.3. The molecule has 0 fully saturated rings. The summed E-state index contributed by atoms with van der Waals surface area (Å²) in [4.78, 5) is 0. The van der Waals surface area contributed by atoms with Crippen LogP contribution in [0.3, 0.4) is 0 Å². The summed E-state index contributed by atoms with van der Waals surface area (Å²) < 4.78 is 4.90. The third-order valence-corrected chi connectivity index (χ3v) is 11.3. The molecule has 2 heteroatoms. The Morgan fingerprint density at radius 2 is 0.661 bits per heavy atom. The van der Waals surface area contributed by atoms with E-state index < -0.39 is 0 Å². The van der Waals surface area contributed by atoms with Gasteiger partial charge in [-0.15, -0.1) is 0 Å². The van der Waals surface area contributed by atoms with Crippen molar-refractivity contribution in [3.63, 3.8) is 0 Å². The summed E-state index contributed by atoms with van der Waals surface area (Å²) in [6.45, 7) is 0. The van der Waals surface area contributed by atoms with Crippen molar-refractivity contribution in [1.29, 1.82) is 0 Å². The number of para-hydroxylation sites is 1. The number of hydrogen-bond acceptors (Lipinski definition) is 0. The third kappa shape index (κ3) is 5.19. The van der Waals surface area contributed by atoms with Gasteiger partial charge in [0, 0.05) is 32.9 Å². The van der Waals surface area contributed by atoms with Crippen LogP contribution in [-0.2, 0) is 0 Å². The van der Waals surface area contributed by atoms with E-state index in [2.05, 4.69) is 228 Å². The quantitative estimate of drug-likeness (QED) is 0.162. The smallest absolute Gasteiger partial charge is 0.0547 e. The molecule has 0 spiro atoms. The second-order valence-electron chi connectivity index (χ2n) is 14.5. The van der Waals surface area contributed by atoms with E-state index in [1.165, 1.54) is 88.1 Å². The van der Waals surface area contributed by atoms with Crippen LogP contribution in [0.1, 0.15) is 0 Å². The normalized spacial score (nSPS) is 11.6. The van der Waals surface area contributed by atoms with Gasteiger partial charge in [-0.25, -0.2) is 0 Å². The summed E-state index contributed by atoms with van der Waals surface area (Å²) in [6.07, 6.45) is 0. The van der Waals surface area contributed by atoms with Gasteiger partial charge in [-0.2, -0.15) is 0 Å². The molecule has 0 unspecified atom stereocenters. The van der Waals surface area contributed by atoms with Gasteiger partial charge in [-0.3, -0.25) is 0 Å². The van der Waals surface area contributed by atoms with Crippen LogP contribution in [0, 0.1) is 0 Å². The second-order valence-corrected chi connectivity index (χ2v) is 14.5. The Bertz CT molecular complexity index is 3220. The highest BCUT2D eigenvalue weighted by atomic mass is 15.0. The van der Waals surface area contributed by atoms with Crippen molar-refractivity contribution in [2.45, 2.75) is 0 Å². The molecule has 0 saturated carbocycles. The highest BCUT2D eigenvalue weighted by Gasteiger charge is 2.20. The Labute approximate surface area is 325 Å². The molecule has 0 aliphatic heterocycles. The standard InChI is InChI=1S/C54H36N2/c1-4-16-37(17-5-1)40-22-12-23-41(34-40)42-24-13-25-43(35-42)55-50-33-32-44(36-48(50)54-46(28-15-31-52(54)55)39-20-8-3-9-21-39)56-49-29-11-10-26-47(49)53-45(27-14-30-51(53)56)38-18-6-2-7-19-38/h1-36H. The van der Waals surface area contributed by atoms with Crippen molar-refractivity contribution in [2.24, 2.45) is 0 Å². The molecule has 2 aromatic heterocycles. The van der Waals surface area contributed by atoms with Crippen molar-refractivity contribution in [3.8, 4) is 55.9 Å². The van der Waals surface area contributed by atoms with E-state index >= 15 is 0 Å². The molecule has 0 N–H and O–H groups in total. The summed E-state index contributed by atoms with van der Waals surface area (Å²) in [7, 11) is 0. The molecule has 9 aromatic carbocycles. The number of hydrogen-bond donors (Lipinski definition) is 0. The van der Waals surface area contributed by atoms with Crippen LogP contribution in [0.15, 0.2) is 218 Å². The molecule has 262 valence electrons. The molecule has 0 atom stereocenters. The third-order valence-electron chi connectivity index (χ3n) is 11.3. The highest BCUT2D eigenvalue weighted by Crippen LogP contribution is 2.43. The Balaban J connectivity index is 1.16. The predicted molar refractivity (Wildman–Crippen MR) is 237 cm³/mol. The fourth-order valence-electron chi connectivity index (χ4n) is 8.82. The lowest BCUT2D eigenvalue weighted by molar-refractivity contribution is 1.17. The van der Waals surface area contributed by atoms with E-state index in [-0.39, 0.29) is 0 Å². The largest absolute Gasteiger partial charge is 0.309 e. The number of aromatic nitrogens is 2. The first-order valence-electron chi connectivity index (χ1n) is 19.3. The van der Waals surface area contributed by atoms with Gasteiger partial charge in [0.05, 0.1) is 22.1 Å². The fraction of sp³-hybridized carbons (Fsp3) is 0. The van der Waals surface area contributed by atoms with Crippen molar-refractivity contribution >= 4 is 43.6 Å². The summed E-state index contributed by atoms with van der Waals surface area (Å²) in [6, 6.07) is 79.4. The van der Waals surface area contributed by atoms with E-state index in [4.69, 9.17) is 0 Å². The molecule has 0 bridgehead atoms. The molecular weight excluding hydrogens is 677 g/mol. The van der Waals surface area contributed by atoms with Crippen molar-refractivity contribution in [3.05, 3.63) is 218 Å². The zero-order valence-corrected chi connectivity index (χ0v) is 30.7. The van der Waals surface area contributed by atoms with Gasteiger partial charge in [0.25, 0.3) is 0 Å². The lowest BCUT2D eigenvalue weighted by atomic mass is 9.99. The molecular formula is C54H36N2. The summed E-state index contributed by atoms with van der Waals surface area (Å²) >= 11 is 0. The minimum absolute atomic E-state index is 1.13. The van der Waals surface area contributed by atoms with E-state index in [1.54, 1.807) is 0 Å². The van der Waals surface area contributed by atoms with Crippen LogP contribution < -0.4 is 0 Å². The van der Waals surface area contributed by atoms with Crippen molar-refractivity contribution < 1.29 is 0 Å². The Kier molecular flexibility index (Phi) is 7.53. The summed E-state index contributed by atoms with van der Waals surface area (Å²) in [5.74, 6) is 0. The average Bonchev–Trinajstić information content (AvgIpc) is 3.80. The molecule has 2 nitrogen and oxygen atoms in total. The maximum Gasteiger partial charge on any atom is 0.0547 e. The zero-order chi connectivity index (χ0) is 37.0. The molecule has 2 heterocycles. The number of fused-ring (bicyclic) bond motifs is 6. The fourth-order valence-corrected chi connectivity index (χ4v) is 8.82. The van der Waals surface area contributed by atoms with E-state index in [0.717, 1.165) is 11.4 Å². The molecule has 0 saturated heterocycles. The van der Waals surface area contributed by atoms with Gasteiger partial charge >= 0.3 is 0 Å². The molecule has 0 aliphatic carbocycles. The Morgan fingerprint density at radius 1 is 0.232 bits per heavy atom. The first kappa shape index (κ1) is 32.0. The molecule has 0 amide bonds. The number of rotatable bonds is 6. The SMILES string of the molecule is c1ccc(-c2cccc(-c3cccc(-n4c5ccc(-n6c7ccccc7c7c(-c8ccccc8)cccc76)cc5c5c(-c6ccccc6)cccc54)c3)c2)cc1. The summed E-state index contributed by atoms with van der Waals surface area (Å²) in [5.41, 5.74) is 16.7. The average molecular weight is 713 g/mol. The van der Waals surface area contributed by atoms with E-state index in [1.807, 2.05) is 0 Å².